The molecular weight excluding hydrogens is 451 g/mol. The summed E-state index contributed by atoms with van der Waals surface area (Å²) < 4.78 is 15.6. The summed E-state index contributed by atoms with van der Waals surface area (Å²) in [5.74, 6) is -0.847. The van der Waals surface area contributed by atoms with Crippen LogP contribution < -0.4 is 0 Å². The summed E-state index contributed by atoms with van der Waals surface area (Å²) in [6.45, 7) is 0.318. The largest absolute Gasteiger partial charge is 0.481 e. The van der Waals surface area contributed by atoms with E-state index in [0.29, 0.717) is 35.0 Å². The second kappa shape index (κ2) is 11.0. The van der Waals surface area contributed by atoms with Crippen LogP contribution in [0.3, 0.4) is 0 Å². The number of halogens is 1. The van der Waals surface area contributed by atoms with Crippen LogP contribution in [-0.4, -0.2) is 53.0 Å². The van der Waals surface area contributed by atoms with Gasteiger partial charge in [-0.25, -0.2) is 19.3 Å². The monoisotopic (exact) mass is 476 g/mol. The van der Waals surface area contributed by atoms with Crippen molar-refractivity contribution in [2.45, 2.75) is 38.0 Å². The summed E-state index contributed by atoms with van der Waals surface area (Å²) in [5.41, 5.74) is 3.43. The molecule has 2 aromatic carbocycles. The number of hydrogen-bond donors (Lipinski definition) is 3. The van der Waals surface area contributed by atoms with Gasteiger partial charge in [0.05, 0.1) is 35.7 Å². The van der Waals surface area contributed by atoms with Gasteiger partial charge in [0, 0.05) is 23.9 Å². The second-order valence-electron chi connectivity index (χ2n) is 8.18. The first-order valence-corrected chi connectivity index (χ1v) is 11.2. The molecule has 0 saturated heterocycles. The number of imidazole rings is 1. The van der Waals surface area contributed by atoms with Gasteiger partial charge in [0.1, 0.15) is 18.0 Å². The molecule has 2 heterocycles. The molecule has 8 nitrogen and oxygen atoms in total. The summed E-state index contributed by atoms with van der Waals surface area (Å²) in [6, 6.07) is 17.3. The van der Waals surface area contributed by atoms with Crippen molar-refractivity contribution in [2.75, 3.05) is 0 Å². The lowest BCUT2D eigenvalue weighted by molar-refractivity contribution is -0.139. The minimum absolute atomic E-state index is 0.0602. The highest BCUT2D eigenvalue weighted by Gasteiger charge is 2.23. The Labute approximate surface area is 201 Å². The SMILES string of the molecule is O=C(O)C[C@H](O)C[C@H](O)CCn1c(-c2ccccc2)nc(-c2ccc(F)cc2)c1-c1ccncn1. The molecule has 0 spiro atoms. The lowest BCUT2D eigenvalue weighted by atomic mass is 10.1. The van der Waals surface area contributed by atoms with Crippen LogP contribution in [0.5, 0.6) is 0 Å². The van der Waals surface area contributed by atoms with E-state index in [4.69, 9.17) is 10.1 Å². The zero-order valence-electron chi connectivity index (χ0n) is 18.8. The highest BCUT2D eigenvalue weighted by molar-refractivity contribution is 5.80. The maximum Gasteiger partial charge on any atom is 0.305 e. The molecule has 0 amide bonds. The van der Waals surface area contributed by atoms with E-state index in [9.17, 15) is 19.4 Å². The first-order chi connectivity index (χ1) is 16.9. The number of aromatic nitrogens is 4. The smallest absolute Gasteiger partial charge is 0.305 e. The molecule has 4 aromatic rings. The number of aliphatic carboxylic acids is 1. The van der Waals surface area contributed by atoms with Gasteiger partial charge in [-0.1, -0.05) is 30.3 Å². The van der Waals surface area contributed by atoms with Crippen LogP contribution >= 0.6 is 0 Å². The number of carbonyl (C=O) groups is 1. The molecule has 0 saturated carbocycles. The molecule has 3 N–H and O–H groups in total. The van der Waals surface area contributed by atoms with Crippen LogP contribution in [0.2, 0.25) is 0 Å². The van der Waals surface area contributed by atoms with Gasteiger partial charge in [0.15, 0.2) is 0 Å². The van der Waals surface area contributed by atoms with Crippen molar-refractivity contribution in [2.24, 2.45) is 0 Å². The fraction of sp³-hybridized carbons (Fsp3) is 0.231. The first kappa shape index (κ1) is 24.2. The van der Waals surface area contributed by atoms with Gasteiger partial charge in [-0.3, -0.25) is 4.79 Å². The van der Waals surface area contributed by atoms with Gasteiger partial charge in [-0.15, -0.1) is 0 Å². The van der Waals surface area contributed by atoms with Crippen molar-refractivity contribution in [3.63, 3.8) is 0 Å². The number of benzene rings is 2. The fourth-order valence-corrected chi connectivity index (χ4v) is 3.97. The van der Waals surface area contributed by atoms with Crippen LogP contribution in [-0.2, 0) is 11.3 Å². The van der Waals surface area contributed by atoms with E-state index in [1.54, 1.807) is 24.4 Å². The van der Waals surface area contributed by atoms with Gasteiger partial charge in [-0.05, 0) is 43.2 Å². The van der Waals surface area contributed by atoms with Crippen molar-refractivity contribution >= 4 is 5.97 Å². The third-order valence-electron chi connectivity index (χ3n) is 5.58. The van der Waals surface area contributed by atoms with Gasteiger partial charge in [0.25, 0.3) is 0 Å². The summed E-state index contributed by atoms with van der Waals surface area (Å²) in [4.78, 5) is 24.2. The van der Waals surface area contributed by atoms with E-state index >= 15 is 0 Å². The molecule has 0 aliphatic rings. The summed E-state index contributed by atoms with van der Waals surface area (Å²) in [6.07, 6.45) is 0.729. The Kier molecular flexibility index (Phi) is 7.59. The number of hydrogen-bond acceptors (Lipinski definition) is 6. The highest BCUT2D eigenvalue weighted by atomic mass is 19.1. The number of aliphatic hydroxyl groups excluding tert-OH is 2. The van der Waals surface area contributed by atoms with Crippen LogP contribution in [0, 0.1) is 5.82 Å². The molecule has 2 atom stereocenters. The Hall–Kier alpha value is -3.95. The Bertz CT molecular complexity index is 1260. The van der Waals surface area contributed by atoms with Crippen LogP contribution in [0.15, 0.2) is 73.2 Å². The van der Waals surface area contributed by atoms with Crippen LogP contribution in [0.4, 0.5) is 4.39 Å². The summed E-state index contributed by atoms with van der Waals surface area (Å²) >= 11 is 0. The molecule has 0 unspecified atom stereocenters. The minimum atomic E-state index is -1.14. The van der Waals surface area contributed by atoms with Gasteiger partial charge < -0.3 is 19.9 Å². The molecule has 0 aliphatic carbocycles. The number of rotatable bonds is 10. The summed E-state index contributed by atoms with van der Waals surface area (Å²) in [7, 11) is 0. The quantitative estimate of drug-likeness (QED) is 0.318. The van der Waals surface area contributed by atoms with E-state index < -0.39 is 24.6 Å². The average Bonchev–Trinajstić information content (AvgIpc) is 3.23. The molecule has 0 bridgehead atoms. The minimum Gasteiger partial charge on any atom is -0.481 e. The molecule has 9 heteroatoms. The van der Waals surface area contributed by atoms with E-state index in [-0.39, 0.29) is 18.7 Å². The standard InChI is InChI=1S/C26H25FN4O4/c27-19-8-6-17(7-9-19)24-25(22-10-12-28-16-29-22)31(26(30-24)18-4-2-1-3-5-18)13-11-20(32)14-21(33)15-23(34)35/h1-10,12,16,20-21,32-33H,11,13-15H2,(H,34,35)/t20-,21-/m1/s1. The van der Waals surface area contributed by atoms with Crippen molar-refractivity contribution in [3.05, 3.63) is 79.0 Å². The number of carboxylic acid groups (broad SMARTS) is 1. The molecule has 180 valence electrons. The Morgan fingerprint density at radius 3 is 2.37 bits per heavy atom. The maximum atomic E-state index is 13.6. The lowest BCUT2D eigenvalue weighted by Gasteiger charge is -2.17. The summed E-state index contributed by atoms with van der Waals surface area (Å²) in [5, 5.41) is 29.3. The first-order valence-electron chi connectivity index (χ1n) is 11.2. The fourth-order valence-electron chi connectivity index (χ4n) is 3.97. The Morgan fingerprint density at radius 1 is 0.971 bits per heavy atom. The topological polar surface area (TPSA) is 121 Å². The van der Waals surface area contributed by atoms with Crippen molar-refractivity contribution in [3.8, 4) is 34.0 Å². The predicted molar refractivity (Wildman–Crippen MR) is 128 cm³/mol. The Balaban J connectivity index is 1.78. The van der Waals surface area contributed by atoms with Crippen molar-refractivity contribution in [1.29, 1.82) is 0 Å². The van der Waals surface area contributed by atoms with Gasteiger partial charge in [0.2, 0.25) is 0 Å². The maximum absolute atomic E-state index is 13.6. The molecule has 0 radical (unpaired) electrons. The highest BCUT2D eigenvalue weighted by Crippen LogP contribution is 2.35. The van der Waals surface area contributed by atoms with Crippen LogP contribution in [0.1, 0.15) is 19.3 Å². The Morgan fingerprint density at radius 2 is 1.71 bits per heavy atom. The van der Waals surface area contributed by atoms with Crippen molar-refractivity contribution < 1.29 is 24.5 Å². The molecular formula is C26H25FN4O4. The number of aliphatic hydroxyl groups is 2. The van der Waals surface area contributed by atoms with E-state index in [1.165, 1.54) is 18.5 Å². The predicted octanol–water partition coefficient (Wildman–Crippen LogP) is 3.79. The zero-order chi connectivity index (χ0) is 24.8. The van der Waals surface area contributed by atoms with E-state index in [0.717, 1.165) is 5.56 Å². The zero-order valence-corrected chi connectivity index (χ0v) is 18.8. The molecule has 4 rings (SSSR count). The average molecular weight is 477 g/mol. The third-order valence-corrected chi connectivity index (χ3v) is 5.58. The molecule has 35 heavy (non-hydrogen) atoms. The van der Waals surface area contributed by atoms with Crippen molar-refractivity contribution in [1.82, 2.24) is 19.5 Å². The van der Waals surface area contributed by atoms with Gasteiger partial charge in [-0.2, -0.15) is 0 Å². The van der Waals surface area contributed by atoms with E-state index in [1.807, 2.05) is 34.9 Å². The van der Waals surface area contributed by atoms with E-state index in [2.05, 4.69) is 9.97 Å². The normalized spacial score (nSPS) is 12.9. The van der Waals surface area contributed by atoms with Gasteiger partial charge >= 0.3 is 5.97 Å². The molecule has 0 aliphatic heterocycles. The number of carboxylic acids is 1. The molecule has 2 aromatic heterocycles. The second-order valence-corrected chi connectivity index (χ2v) is 8.18. The lowest BCUT2D eigenvalue weighted by Crippen LogP contribution is -2.22. The molecule has 0 fully saturated rings. The van der Waals surface area contributed by atoms with Crippen LogP contribution in [0.25, 0.3) is 34.0 Å². The third kappa shape index (κ3) is 5.95. The number of nitrogens with zero attached hydrogens (tertiary/aromatic N) is 4.